The summed E-state index contributed by atoms with van der Waals surface area (Å²) in [6, 6.07) is 2.11. The highest BCUT2D eigenvalue weighted by molar-refractivity contribution is 5.16. The monoisotopic (exact) mass is 247 g/mol. The van der Waals surface area contributed by atoms with Crippen molar-refractivity contribution < 1.29 is 0 Å². The fourth-order valence-electron chi connectivity index (χ4n) is 2.13. The van der Waals surface area contributed by atoms with Crippen molar-refractivity contribution in [2.75, 3.05) is 6.54 Å². The Morgan fingerprint density at radius 2 is 2.17 bits per heavy atom. The van der Waals surface area contributed by atoms with Crippen LogP contribution in [-0.4, -0.2) is 25.9 Å². The molecule has 0 fully saturated rings. The maximum Gasteiger partial charge on any atom is 0.132 e. The van der Waals surface area contributed by atoms with Crippen LogP contribution >= 0.6 is 0 Å². The molecule has 0 aromatic carbocycles. The number of hydrogen-bond acceptors (Lipinski definition) is 3. The largest absolute Gasteiger partial charge is 0.333 e. The summed E-state index contributed by atoms with van der Waals surface area (Å²) in [5.41, 5.74) is 1.02. The van der Waals surface area contributed by atoms with Gasteiger partial charge in [-0.3, -0.25) is 4.68 Å². The van der Waals surface area contributed by atoms with Gasteiger partial charge in [0.25, 0.3) is 0 Å². The van der Waals surface area contributed by atoms with Crippen molar-refractivity contribution in [2.24, 2.45) is 7.05 Å². The minimum atomic E-state index is 0.0674. The van der Waals surface area contributed by atoms with Crippen molar-refractivity contribution in [1.82, 2.24) is 24.6 Å². The summed E-state index contributed by atoms with van der Waals surface area (Å²) in [5.74, 6) is 1.04. The molecule has 0 aliphatic heterocycles. The van der Waals surface area contributed by atoms with Crippen LogP contribution in [0.2, 0.25) is 0 Å². The molecule has 1 atom stereocenters. The lowest BCUT2D eigenvalue weighted by molar-refractivity contribution is 0.529. The van der Waals surface area contributed by atoms with Gasteiger partial charge in [-0.2, -0.15) is 5.10 Å². The van der Waals surface area contributed by atoms with Gasteiger partial charge in [0, 0.05) is 32.2 Å². The Kier molecular flexibility index (Phi) is 4.15. The van der Waals surface area contributed by atoms with E-state index in [1.807, 2.05) is 36.4 Å². The van der Waals surface area contributed by atoms with Crippen molar-refractivity contribution in [3.63, 3.8) is 0 Å². The van der Waals surface area contributed by atoms with E-state index >= 15 is 0 Å². The molecular weight excluding hydrogens is 226 g/mol. The predicted octanol–water partition coefficient (Wildman–Crippen LogP) is 1.73. The lowest BCUT2D eigenvalue weighted by atomic mass is 10.2. The number of rotatable bonds is 6. The third kappa shape index (κ3) is 2.61. The first-order valence-electron chi connectivity index (χ1n) is 6.50. The lowest BCUT2D eigenvalue weighted by Crippen LogP contribution is -2.26. The van der Waals surface area contributed by atoms with Crippen LogP contribution in [0.4, 0.5) is 0 Å². The third-order valence-electron chi connectivity index (χ3n) is 2.91. The molecule has 0 spiro atoms. The molecule has 2 heterocycles. The van der Waals surface area contributed by atoms with Crippen molar-refractivity contribution in [2.45, 2.75) is 32.9 Å². The first-order chi connectivity index (χ1) is 8.76. The Bertz CT molecular complexity index is 485. The van der Waals surface area contributed by atoms with E-state index in [-0.39, 0.29) is 6.04 Å². The van der Waals surface area contributed by atoms with Gasteiger partial charge in [0.05, 0.1) is 5.69 Å². The van der Waals surface area contributed by atoms with Crippen LogP contribution in [0.25, 0.3) is 0 Å². The summed E-state index contributed by atoms with van der Waals surface area (Å²) in [4.78, 5) is 4.49. The van der Waals surface area contributed by atoms with Gasteiger partial charge < -0.3 is 9.88 Å². The van der Waals surface area contributed by atoms with Gasteiger partial charge in [-0.15, -0.1) is 0 Å². The Labute approximate surface area is 108 Å². The van der Waals surface area contributed by atoms with Crippen molar-refractivity contribution >= 4 is 0 Å². The van der Waals surface area contributed by atoms with Crippen LogP contribution in [0.5, 0.6) is 0 Å². The molecule has 0 amide bonds. The highest BCUT2D eigenvalue weighted by Gasteiger charge is 2.20. The van der Waals surface area contributed by atoms with Gasteiger partial charge >= 0.3 is 0 Å². The van der Waals surface area contributed by atoms with Crippen LogP contribution in [0.3, 0.4) is 0 Å². The fraction of sp³-hybridized carbons (Fsp3) is 0.538. The third-order valence-corrected chi connectivity index (χ3v) is 2.91. The van der Waals surface area contributed by atoms with Gasteiger partial charge in [-0.05, 0) is 19.0 Å². The Morgan fingerprint density at radius 1 is 1.33 bits per heavy atom. The summed E-state index contributed by atoms with van der Waals surface area (Å²) in [6.45, 7) is 6.15. The molecule has 0 bridgehead atoms. The second-order valence-electron chi connectivity index (χ2n) is 4.38. The van der Waals surface area contributed by atoms with Crippen LogP contribution < -0.4 is 5.32 Å². The Morgan fingerprint density at radius 3 is 2.78 bits per heavy atom. The average molecular weight is 247 g/mol. The zero-order valence-corrected chi connectivity index (χ0v) is 11.3. The van der Waals surface area contributed by atoms with Crippen LogP contribution in [0.1, 0.15) is 37.8 Å². The van der Waals surface area contributed by atoms with E-state index in [0.29, 0.717) is 0 Å². The van der Waals surface area contributed by atoms with Gasteiger partial charge in [-0.25, -0.2) is 4.98 Å². The summed E-state index contributed by atoms with van der Waals surface area (Å²) in [6.07, 6.45) is 6.96. The SMILES string of the molecule is CCCn1ccnc1C(NCC)c1ccn(C)n1. The maximum atomic E-state index is 4.49. The highest BCUT2D eigenvalue weighted by Crippen LogP contribution is 2.19. The molecule has 0 saturated heterocycles. The number of aryl methyl sites for hydroxylation is 2. The second kappa shape index (κ2) is 5.82. The predicted molar refractivity (Wildman–Crippen MR) is 71.2 cm³/mol. The molecule has 2 rings (SSSR count). The van der Waals surface area contributed by atoms with Crippen LogP contribution in [0.15, 0.2) is 24.7 Å². The van der Waals surface area contributed by atoms with E-state index in [2.05, 4.69) is 33.8 Å². The minimum absolute atomic E-state index is 0.0674. The maximum absolute atomic E-state index is 4.49. The van der Waals surface area contributed by atoms with Gasteiger partial charge in [-0.1, -0.05) is 13.8 Å². The molecule has 0 aliphatic rings. The molecule has 0 radical (unpaired) electrons. The van der Waals surface area contributed by atoms with E-state index in [0.717, 1.165) is 31.0 Å². The molecule has 5 heteroatoms. The van der Waals surface area contributed by atoms with Crippen molar-refractivity contribution in [3.8, 4) is 0 Å². The second-order valence-corrected chi connectivity index (χ2v) is 4.38. The summed E-state index contributed by atoms with van der Waals surface area (Å²) >= 11 is 0. The van der Waals surface area contributed by atoms with E-state index in [1.165, 1.54) is 0 Å². The molecule has 18 heavy (non-hydrogen) atoms. The van der Waals surface area contributed by atoms with E-state index < -0.39 is 0 Å². The fourth-order valence-corrected chi connectivity index (χ4v) is 2.13. The van der Waals surface area contributed by atoms with E-state index in [9.17, 15) is 0 Å². The summed E-state index contributed by atoms with van der Waals surface area (Å²) < 4.78 is 4.02. The molecule has 5 nitrogen and oxygen atoms in total. The molecular formula is C13H21N5. The number of nitrogens with zero attached hydrogens (tertiary/aromatic N) is 4. The topological polar surface area (TPSA) is 47.7 Å². The Hall–Kier alpha value is -1.62. The average Bonchev–Trinajstić information content (AvgIpc) is 2.96. The number of imidazole rings is 1. The zero-order valence-electron chi connectivity index (χ0n) is 11.3. The Balaban J connectivity index is 2.31. The zero-order chi connectivity index (χ0) is 13.0. The number of aromatic nitrogens is 4. The molecule has 1 N–H and O–H groups in total. The van der Waals surface area contributed by atoms with Crippen LogP contribution in [0, 0.1) is 0 Å². The summed E-state index contributed by atoms with van der Waals surface area (Å²) in [7, 11) is 1.94. The molecule has 1 unspecified atom stereocenters. The molecule has 2 aromatic rings. The highest BCUT2D eigenvalue weighted by atomic mass is 15.3. The molecule has 98 valence electrons. The number of nitrogens with one attached hydrogen (secondary N) is 1. The quantitative estimate of drug-likeness (QED) is 0.845. The molecule has 2 aromatic heterocycles. The van der Waals surface area contributed by atoms with Gasteiger partial charge in [0.2, 0.25) is 0 Å². The standard InChI is InChI=1S/C13H21N5/c1-4-8-18-10-7-15-13(18)12(14-5-2)11-6-9-17(3)16-11/h6-7,9-10,12,14H,4-5,8H2,1-3H3. The number of hydrogen-bond donors (Lipinski definition) is 1. The van der Waals surface area contributed by atoms with Crippen LogP contribution in [-0.2, 0) is 13.6 Å². The normalized spacial score (nSPS) is 12.8. The lowest BCUT2D eigenvalue weighted by Gasteiger charge is -2.17. The van der Waals surface area contributed by atoms with E-state index in [4.69, 9.17) is 0 Å². The molecule has 0 saturated carbocycles. The first-order valence-corrected chi connectivity index (χ1v) is 6.50. The first kappa shape index (κ1) is 12.8. The van der Waals surface area contributed by atoms with Crippen molar-refractivity contribution in [1.29, 1.82) is 0 Å². The molecule has 0 aliphatic carbocycles. The van der Waals surface area contributed by atoms with Crippen molar-refractivity contribution in [3.05, 3.63) is 36.2 Å². The van der Waals surface area contributed by atoms with E-state index in [1.54, 1.807) is 0 Å². The smallest absolute Gasteiger partial charge is 0.132 e. The van der Waals surface area contributed by atoms with Gasteiger partial charge in [0.15, 0.2) is 0 Å². The van der Waals surface area contributed by atoms with Gasteiger partial charge in [0.1, 0.15) is 11.9 Å². The minimum Gasteiger partial charge on any atom is -0.333 e. The summed E-state index contributed by atoms with van der Waals surface area (Å²) in [5, 5.41) is 7.94.